The number of nitrogens with zero attached hydrogens (tertiary/aromatic N) is 2. The van der Waals surface area contributed by atoms with E-state index in [9.17, 15) is 0 Å². The number of fused-ring (bicyclic) bond motifs is 3. The molecule has 1 aromatic carbocycles. The van der Waals surface area contributed by atoms with Crippen molar-refractivity contribution in [2.45, 2.75) is 0 Å². The van der Waals surface area contributed by atoms with Gasteiger partial charge < -0.3 is 0 Å². The lowest BCUT2D eigenvalue weighted by Gasteiger charge is -1.83. The third-order valence-corrected chi connectivity index (χ3v) is 2.12. The van der Waals surface area contributed by atoms with E-state index in [2.05, 4.69) is 22.4 Å². The minimum Gasteiger partial charge on any atom is -0.245 e. The van der Waals surface area contributed by atoms with Gasteiger partial charge in [-0.1, -0.05) is 24.3 Å². The largest absolute Gasteiger partial charge is 0.245 e. The number of H-pyrrole nitrogens is 1. The van der Waals surface area contributed by atoms with Crippen LogP contribution in [0.2, 0.25) is 0 Å². The van der Waals surface area contributed by atoms with Crippen molar-refractivity contribution in [3.8, 4) is 0 Å². The maximum atomic E-state index is 3.95. The van der Waals surface area contributed by atoms with Crippen molar-refractivity contribution in [2.24, 2.45) is 0 Å². The highest BCUT2D eigenvalue weighted by atomic mass is 15.4. The molecule has 0 spiro atoms. The van der Waals surface area contributed by atoms with Gasteiger partial charge in [-0.25, -0.2) is 9.73 Å². The van der Waals surface area contributed by atoms with E-state index < -0.39 is 0 Å². The smallest absolute Gasteiger partial charge is 0.0919 e. The SMILES string of the molecule is c1ccc2c(c1)cn1[nH]ncc21. The van der Waals surface area contributed by atoms with Crippen LogP contribution in [0.3, 0.4) is 0 Å². The van der Waals surface area contributed by atoms with Crippen LogP contribution in [0.1, 0.15) is 0 Å². The van der Waals surface area contributed by atoms with Crippen LogP contribution in [0.25, 0.3) is 16.3 Å². The Labute approximate surface area is 68.6 Å². The molecular formula is C9H7N3. The van der Waals surface area contributed by atoms with Crippen LogP contribution in [0.5, 0.6) is 0 Å². The summed E-state index contributed by atoms with van der Waals surface area (Å²) < 4.78 is 1.92. The van der Waals surface area contributed by atoms with Crippen molar-refractivity contribution in [3.63, 3.8) is 0 Å². The van der Waals surface area contributed by atoms with Crippen LogP contribution in [0, 0.1) is 0 Å². The van der Waals surface area contributed by atoms with Gasteiger partial charge in [-0.2, -0.15) is 5.10 Å². The molecule has 3 aromatic rings. The Hall–Kier alpha value is -1.77. The Kier molecular flexibility index (Phi) is 0.913. The average molecular weight is 157 g/mol. The van der Waals surface area contributed by atoms with Crippen molar-refractivity contribution in [2.75, 3.05) is 0 Å². The molecule has 2 heterocycles. The highest BCUT2D eigenvalue weighted by Crippen LogP contribution is 2.19. The number of nitrogens with one attached hydrogen (secondary N) is 1. The van der Waals surface area contributed by atoms with Crippen molar-refractivity contribution in [3.05, 3.63) is 36.7 Å². The van der Waals surface area contributed by atoms with Crippen LogP contribution < -0.4 is 0 Å². The summed E-state index contributed by atoms with van der Waals surface area (Å²) in [5.74, 6) is 0. The van der Waals surface area contributed by atoms with E-state index in [0.29, 0.717) is 0 Å². The lowest BCUT2D eigenvalue weighted by atomic mass is 10.2. The van der Waals surface area contributed by atoms with Crippen molar-refractivity contribution >= 4 is 16.3 Å². The second-order valence-electron chi connectivity index (χ2n) is 2.83. The molecule has 0 saturated carbocycles. The molecule has 0 radical (unpaired) electrons. The number of rotatable bonds is 0. The minimum atomic E-state index is 1.13. The lowest BCUT2D eigenvalue weighted by Crippen LogP contribution is -1.77. The van der Waals surface area contributed by atoms with Gasteiger partial charge in [0.1, 0.15) is 0 Å². The van der Waals surface area contributed by atoms with Crippen LogP contribution >= 0.6 is 0 Å². The van der Waals surface area contributed by atoms with Crippen LogP contribution in [0.4, 0.5) is 0 Å². The van der Waals surface area contributed by atoms with Gasteiger partial charge in [-0.15, -0.1) is 0 Å². The Morgan fingerprint density at radius 1 is 1.25 bits per heavy atom. The monoisotopic (exact) mass is 157 g/mol. The summed E-state index contributed by atoms with van der Waals surface area (Å²) in [6.07, 6.45) is 3.88. The van der Waals surface area contributed by atoms with Gasteiger partial charge in [0.2, 0.25) is 0 Å². The summed E-state index contributed by atoms with van der Waals surface area (Å²) >= 11 is 0. The van der Waals surface area contributed by atoms with Gasteiger partial charge in [0.05, 0.1) is 11.7 Å². The molecule has 0 saturated heterocycles. The number of benzene rings is 1. The third kappa shape index (κ3) is 0.580. The van der Waals surface area contributed by atoms with Crippen LogP contribution in [-0.2, 0) is 0 Å². The summed E-state index contributed by atoms with van der Waals surface area (Å²) in [5, 5.41) is 9.31. The first-order chi connectivity index (χ1) is 5.95. The van der Waals surface area contributed by atoms with Gasteiger partial charge in [-0.05, 0) is 0 Å². The number of hydrogen-bond acceptors (Lipinski definition) is 1. The molecular weight excluding hydrogens is 150 g/mol. The molecule has 0 bridgehead atoms. The standard InChI is InChI=1S/C9H7N3/c1-2-4-8-7(3-1)6-12-9(8)5-10-11-12/h1-6,11H. The van der Waals surface area contributed by atoms with Gasteiger partial charge in [-0.3, -0.25) is 0 Å². The van der Waals surface area contributed by atoms with E-state index in [1.807, 2.05) is 29.0 Å². The lowest BCUT2D eigenvalue weighted by molar-refractivity contribution is 0.865. The molecule has 0 aliphatic rings. The quantitative estimate of drug-likeness (QED) is 0.530. The highest BCUT2D eigenvalue weighted by molar-refractivity contribution is 5.96. The molecule has 0 atom stereocenters. The summed E-state index contributed by atoms with van der Waals surface area (Å²) in [7, 11) is 0. The van der Waals surface area contributed by atoms with E-state index in [1.165, 1.54) is 10.8 Å². The molecule has 58 valence electrons. The van der Waals surface area contributed by atoms with Crippen LogP contribution in [-0.4, -0.2) is 14.8 Å². The zero-order valence-electron chi connectivity index (χ0n) is 6.36. The van der Waals surface area contributed by atoms with E-state index >= 15 is 0 Å². The average Bonchev–Trinajstić information content (AvgIpc) is 2.62. The van der Waals surface area contributed by atoms with Crippen LogP contribution in [0.15, 0.2) is 36.7 Å². The molecule has 1 N–H and O–H groups in total. The molecule has 0 unspecified atom stereocenters. The topological polar surface area (TPSA) is 33.1 Å². The first-order valence-corrected chi connectivity index (χ1v) is 3.84. The van der Waals surface area contributed by atoms with Crippen molar-refractivity contribution in [1.29, 1.82) is 0 Å². The van der Waals surface area contributed by atoms with Gasteiger partial charge in [0.15, 0.2) is 0 Å². The Morgan fingerprint density at radius 2 is 2.17 bits per heavy atom. The van der Waals surface area contributed by atoms with Crippen molar-refractivity contribution in [1.82, 2.24) is 14.8 Å². The Balaban J connectivity index is 2.68. The fourth-order valence-electron chi connectivity index (χ4n) is 1.55. The Bertz CT molecular complexity index is 532. The van der Waals surface area contributed by atoms with E-state index in [-0.39, 0.29) is 0 Å². The van der Waals surface area contributed by atoms with Gasteiger partial charge in [0, 0.05) is 17.0 Å². The summed E-state index contributed by atoms with van der Waals surface area (Å²) in [5.41, 5.74) is 1.13. The Morgan fingerprint density at radius 3 is 3.17 bits per heavy atom. The summed E-state index contributed by atoms with van der Waals surface area (Å²) in [4.78, 5) is 0. The normalized spacial score (nSPS) is 11.3. The van der Waals surface area contributed by atoms with Gasteiger partial charge >= 0.3 is 0 Å². The molecule has 0 amide bonds. The summed E-state index contributed by atoms with van der Waals surface area (Å²) in [6, 6.07) is 8.26. The number of aromatic nitrogens is 3. The molecule has 0 fully saturated rings. The van der Waals surface area contributed by atoms with E-state index in [0.717, 1.165) is 5.52 Å². The van der Waals surface area contributed by atoms with E-state index in [1.54, 1.807) is 0 Å². The third-order valence-electron chi connectivity index (χ3n) is 2.12. The molecule has 3 nitrogen and oxygen atoms in total. The fraction of sp³-hybridized carbons (Fsp3) is 0. The first kappa shape index (κ1) is 5.83. The highest BCUT2D eigenvalue weighted by Gasteiger charge is 2.01. The second-order valence-corrected chi connectivity index (χ2v) is 2.83. The van der Waals surface area contributed by atoms with Crippen molar-refractivity contribution < 1.29 is 0 Å². The first-order valence-electron chi connectivity index (χ1n) is 3.84. The van der Waals surface area contributed by atoms with Gasteiger partial charge in [0.25, 0.3) is 0 Å². The van der Waals surface area contributed by atoms with E-state index in [4.69, 9.17) is 0 Å². The molecule has 0 aliphatic carbocycles. The fourth-order valence-corrected chi connectivity index (χ4v) is 1.55. The number of aromatic amines is 1. The minimum absolute atomic E-state index is 1.13. The maximum Gasteiger partial charge on any atom is 0.0919 e. The summed E-state index contributed by atoms with van der Waals surface area (Å²) in [6.45, 7) is 0. The predicted molar refractivity (Wildman–Crippen MR) is 47.0 cm³/mol. The zero-order valence-corrected chi connectivity index (χ0v) is 6.36. The molecule has 3 rings (SSSR count). The molecule has 3 heteroatoms. The molecule has 2 aromatic heterocycles. The molecule has 12 heavy (non-hydrogen) atoms. The molecule has 0 aliphatic heterocycles. The number of hydrogen-bond donors (Lipinski definition) is 1. The predicted octanol–water partition coefficient (Wildman–Crippen LogP) is 1.82. The second kappa shape index (κ2) is 1.88. The zero-order chi connectivity index (χ0) is 7.97. The maximum absolute atomic E-state index is 3.95.